The highest BCUT2D eigenvalue weighted by Gasteiger charge is 2.02. The van der Waals surface area contributed by atoms with Crippen molar-refractivity contribution in [2.24, 2.45) is 0 Å². The maximum absolute atomic E-state index is 11.0. The van der Waals surface area contributed by atoms with E-state index in [1.807, 2.05) is 0 Å². The summed E-state index contributed by atoms with van der Waals surface area (Å²) in [5.41, 5.74) is 1.44. The van der Waals surface area contributed by atoms with E-state index in [1.54, 1.807) is 31.2 Å². The van der Waals surface area contributed by atoms with Crippen molar-refractivity contribution in [3.8, 4) is 11.8 Å². The fourth-order valence-electron chi connectivity index (χ4n) is 0.952. The molecule has 13 heavy (non-hydrogen) atoms. The lowest BCUT2D eigenvalue weighted by atomic mass is 10.1. The highest BCUT2D eigenvalue weighted by Crippen LogP contribution is 2.04. The second-order valence-corrected chi connectivity index (χ2v) is 2.44. The van der Waals surface area contributed by atoms with E-state index in [-0.39, 0.29) is 5.97 Å². The predicted octanol–water partition coefficient (Wildman–Crippen LogP) is 1.84. The van der Waals surface area contributed by atoms with Crippen LogP contribution >= 0.6 is 0 Å². The summed E-state index contributed by atoms with van der Waals surface area (Å²) in [6, 6.07) is 6.99. The quantitative estimate of drug-likeness (QED) is 0.479. The molecule has 0 fully saturated rings. The van der Waals surface area contributed by atoms with Crippen LogP contribution in [0.2, 0.25) is 0 Å². The Morgan fingerprint density at radius 3 is 2.38 bits per heavy atom. The van der Waals surface area contributed by atoms with Crippen LogP contribution < -0.4 is 0 Å². The van der Waals surface area contributed by atoms with Crippen molar-refractivity contribution in [3.63, 3.8) is 0 Å². The minimum Gasteiger partial charge on any atom is -0.465 e. The van der Waals surface area contributed by atoms with Crippen LogP contribution in [0.25, 0.3) is 0 Å². The number of benzene rings is 1. The fraction of sp³-hybridized carbons (Fsp3) is 0.182. The second-order valence-electron chi connectivity index (χ2n) is 2.44. The summed E-state index contributed by atoms with van der Waals surface area (Å²) in [6.45, 7) is 1.77. The summed E-state index contributed by atoms with van der Waals surface area (Å²) in [7, 11) is 1.36. The van der Waals surface area contributed by atoms with Crippen molar-refractivity contribution in [3.05, 3.63) is 35.4 Å². The van der Waals surface area contributed by atoms with Crippen LogP contribution in [0.3, 0.4) is 0 Å². The first-order valence-electron chi connectivity index (χ1n) is 3.89. The van der Waals surface area contributed by atoms with E-state index in [2.05, 4.69) is 16.6 Å². The number of hydrogen-bond acceptors (Lipinski definition) is 2. The maximum atomic E-state index is 11.0. The molecule has 0 aliphatic heterocycles. The number of carbonyl (C=O) groups excluding carboxylic acids is 1. The van der Waals surface area contributed by atoms with Gasteiger partial charge in [-0.25, -0.2) is 4.79 Å². The van der Waals surface area contributed by atoms with Crippen molar-refractivity contribution in [2.45, 2.75) is 6.92 Å². The van der Waals surface area contributed by atoms with Crippen molar-refractivity contribution >= 4 is 5.97 Å². The van der Waals surface area contributed by atoms with Crippen molar-refractivity contribution in [1.29, 1.82) is 0 Å². The monoisotopic (exact) mass is 174 g/mol. The van der Waals surface area contributed by atoms with Crippen LogP contribution in [0, 0.1) is 11.8 Å². The van der Waals surface area contributed by atoms with Gasteiger partial charge < -0.3 is 4.74 Å². The molecular weight excluding hydrogens is 164 g/mol. The normalized spacial score (nSPS) is 8.46. The number of carbonyl (C=O) groups is 1. The van der Waals surface area contributed by atoms with Gasteiger partial charge in [0.05, 0.1) is 12.7 Å². The van der Waals surface area contributed by atoms with E-state index in [9.17, 15) is 4.79 Å². The summed E-state index contributed by atoms with van der Waals surface area (Å²) < 4.78 is 4.56. The fourth-order valence-corrected chi connectivity index (χ4v) is 0.952. The van der Waals surface area contributed by atoms with Gasteiger partial charge in [0.15, 0.2) is 0 Å². The third-order valence-corrected chi connectivity index (χ3v) is 1.58. The summed E-state index contributed by atoms with van der Waals surface area (Å²) in [6.07, 6.45) is 0. The molecule has 0 saturated heterocycles. The first kappa shape index (κ1) is 9.34. The molecule has 0 aliphatic carbocycles. The molecule has 0 atom stereocenters. The van der Waals surface area contributed by atoms with E-state index in [0.717, 1.165) is 5.56 Å². The van der Waals surface area contributed by atoms with Crippen LogP contribution in [0.4, 0.5) is 0 Å². The average Bonchev–Trinajstić information content (AvgIpc) is 2.18. The van der Waals surface area contributed by atoms with Gasteiger partial charge in [-0.1, -0.05) is 5.92 Å². The van der Waals surface area contributed by atoms with E-state index in [4.69, 9.17) is 0 Å². The molecule has 1 aromatic rings. The highest BCUT2D eigenvalue weighted by atomic mass is 16.5. The van der Waals surface area contributed by atoms with Gasteiger partial charge in [0, 0.05) is 5.56 Å². The van der Waals surface area contributed by atoms with Crippen LogP contribution in [-0.4, -0.2) is 13.1 Å². The zero-order valence-electron chi connectivity index (χ0n) is 7.63. The van der Waals surface area contributed by atoms with E-state index < -0.39 is 0 Å². The molecule has 2 nitrogen and oxygen atoms in total. The highest BCUT2D eigenvalue weighted by molar-refractivity contribution is 5.89. The van der Waals surface area contributed by atoms with E-state index >= 15 is 0 Å². The smallest absolute Gasteiger partial charge is 0.337 e. The summed E-state index contributed by atoms with van der Waals surface area (Å²) in [4.78, 5) is 11.0. The molecule has 1 aromatic carbocycles. The maximum Gasteiger partial charge on any atom is 0.337 e. The molecule has 0 amide bonds. The van der Waals surface area contributed by atoms with Crippen LogP contribution in [0.15, 0.2) is 24.3 Å². The molecule has 0 unspecified atom stereocenters. The molecule has 0 aromatic heterocycles. The molecule has 1 rings (SSSR count). The van der Waals surface area contributed by atoms with Gasteiger partial charge in [-0.05, 0) is 31.2 Å². The Kier molecular flexibility index (Phi) is 3.10. The Hall–Kier alpha value is -1.75. The first-order valence-corrected chi connectivity index (χ1v) is 3.89. The first-order chi connectivity index (χ1) is 6.27. The zero-order chi connectivity index (χ0) is 9.68. The van der Waals surface area contributed by atoms with Gasteiger partial charge >= 0.3 is 5.97 Å². The van der Waals surface area contributed by atoms with E-state index in [0.29, 0.717) is 5.56 Å². The van der Waals surface area contributed by atoms with E-state index in [1.165, 1.54) is 7.11 Å². The SMILES string of the molecule is CC#Cc1ccc(C(=O)OC)cc1. The molecule has 66 valence electrons. The van der Waals surface area contributed by atoms with Gasteiger partial charge in [-0.3, -0.25) is 0 Å². The zero-order valence-corrected chi connectivity index (χ0v) is 7.63. The molecule has 0 aliphatic rings. The summed E-state index contributed by atoms with van der Waals surface area (Å²) in [5, 5.41) is 0. The Morgan fingerprint density at radius 2 is 1.92 bits per heavy atom. The molecular formula is C11H10O2. The van der Waals surface area contributed by atoms with Crippen LogP contribution in [-0.2, 0) is 4.74 Å². The number of ether oxygens (including phenoxy) is 1. The number of rotatable bonds is 1. The largest absolute Gasteiger partial charge is 0.465 e. The molecule has 0 N–H and O–H groups in total. The molecule has 2 heteroatoms. The van der Waals surface area contributed by atoms with Crippen molar-refractivity contribution in [1.82, 2.24) is 0 Å². The average molecular weight is 174 g/mol. The minimum atomic E-state index is -0.323. The Bertz CT molecular complexity index is 352. The van der Waals surface area contributed by atoms with Gasteiger partial charge in [-0.15, -0.1) is 5.92 Å². The van der Waals surface area contributed by atoms with Crippen molar-refractivity contribution < 1.29 is 9.53 Å². The third kappa shape index (κ3) is 2.34. The van der Waals surface area contributed by atoms with Crippen LogP contribution in [0.1, 0.15) is 22.8 Å². The standard InChI is InChI=1S/C11H10O2/c1-3-4-9-5-7-10(8-6-9)11(12)13-2/h5-8H,1-2H3. The Balaban J connectivity index is 2.91. The number of hydrogen-bond donors (Lipinski definition) is 0. The molecule has 0 bridgehead atoms. The Labute approximate surface area is 77.5 Å². The van der Waals surface area contributed by atoms with Gasteiger partial charge in [0.1, 0.15) is 0 Å². The second kappa shape index (κ2) is 4.32. The van der Waals surface area contributed by atoms with Crippen LogP contribution in [0.5, 0.6) is 0 Å². The lowest BCUT2D eigenvalue weighted by Crippen LogP contribution is -2.00. The molecule has 0 radical (unpaired) electrons. The topological polar surface area (TPSA) is 26.3 Å². The van der Waals surface area contributed by atoms with Gasteiger partial charge in [-0.2, -0.15) is 0 Å². The molecule has 0 spiro atoms. The third-order valence-electron chi connectivity index (χ3n) is 1.58. The molecule has 0 heterocycles. The summed E-state index contributed by atoms with van der Waals surface area (Å²) in [5.74, 6) is 5.35. The lowest BCUT2D eigenvalue weighted by molar-refractivity contribution is 0.0601. The summed E-state index contributed by atoms with van der Waals surface area (Å²) >= 11 is 0. The van der Waals surface area contributed by atoms with Crippen molar-refractivity contribution in [2.75, 3.05) is 7.11 Å². The Morgan fingerprint density at radius 1 is 1.31 bits per heavy atom. The number of esters is 1. The number of methoxy groups -OCH3 is 1. The lowest BCUT2D eigenvalue weighted by Gasteiger charge is -1.97. The van der Waals surface area contributed by atoms with Gasteiger partial charge in [0.25, 0.3) is 0 Å². The minimum absolute atomic E-state index is 0.323. The molecule has 0 saturated carbocycles. The van der Waals surface area contributed by atoms with Gasteiger partial charge in [0.2, 0.25) is 0 Å². The predicted molar refractivity (Wildman–Crippen MR) is 50.3 cm³/mol.